The number of carboxylic acids is 1. The van der Waals surface area contributed by atoms with E-state index in [1.54, 1.807) is 24.3 Å². The highest BCUT2D eigenvalue weighted by atomic mass is 16.7. The van der Waals surface area contributed by atoms with Crippen LogP contribution in [-0.2, 0) is 23.8 Å². The van der Waals surface area contributed by atoms with Crippen molar-refractivity contribution in [3.8, 4) is 23.0 Å². The van der Waals surface area contributed by atoms with Crippen molar-refractivity contribution in [3.05, 3.63) is 53.1 Å². The Kier molecular flexibility index (Phi) is 10.0. The summed E-state index contributed by atoms with van der Waals surface area (Å²) in [6.45, 7) is 1.61. The summed E-state index contributed by atoms with van der Waals surface area (Å²) < 4.78 is 32.8. The van der Waals surface area contributed by atoms with Crippen LogP contribution in [0.4, 0.5) is 0 Å². The first kappa shape index (κ1) is 33.0. The van der Waals surface area contributed by atoms with Gasteiger partial charge in [-0.2, -0.15) is 0 Å². The number of rotatable bonds is 11. The molecule has 44 heavy (non-hydrogen) atoms. The molecule has 1 fully saturated rings. The average Bonchev–Trinajstić information content (AvgIpc) is 3.37. The van der Waals surface area contributed by atoms with Gasteiger partial charge in [-0.25, -0.2) is 9.59 Å². The molecule has 14 nitrogen and oxygen atoms in total. The van der Waals surface area contributed by atoms with E-state index in [0.29, 0.717) is 28.2 Å². The molecule has 0 aromatic heterocycles. The Morgan fingerprint density at radius 2 is 1.70 bits per heavy atom. The maximum Gasteiger partial charge on any atom is 0.335 e. The van der Waals surface area contributed by atoms with Crippen LogP contribution in [0.15, 0.2) is 36.4 Å². The number of hydrogen-bond donors (Lipinski definition) is 6. The fourth-order valence-electron chi connectivity index (χ4n) is 4.90. The number of esters is 1. The molecule has 0 amide bonds. The Morgan fingerprint density at radius 3 is 2.34 bits per heavy atom. The second-order valence-electron chi connectivity index (χ2n) is 10.8. The van der Waals surface area contributed by atoms with Gasteiger partial charge in [0, 0.05) is 11.6 Å². The summed E-state index contributed by atoms with van der Waals surface area (Å²) in [5.74, 6) is -1.73. The first-order valence-corrected chi connectivity index (χ1v) is 13.6. The molecule has 2 aliphatic rings. The summed E-state index contributed by atoms with van der Waals surface area (Å²) in [4.78, 5) is 23.9. The standard InChI is InChI=1S/C30H36O14/c1-30(2,29(37)38)44-28-25(36)24(35)23(34)21(42-28)13-41-22(33)8-5-14-9-16-17(12-31)26(43-27(16)20(10-14)40-4)15-6-7-18(32)19(11-15)39-3/h5-11,17,21,23-26,28,31-32,34-36H,12-13H2,1-4H3,(H,37,38)/t17-,21-,23-,24+,25-,26+,28-/m1/s1. The molecule has 2 aromatic carbocycles. The van der Waals surface area contributed by atoms with Gasteiger partial charge in [-0.15, -0.1) is 0 Å². The predicted octanol–water partition coefficient (Wildman–Crippen LogP) is 0.863. The Labute approximate surface area is 252 Å². The number of aliphatic hydroxyl groups is 4. The second kappa shape index (κ2) is 13.4. The average molecular weight is 621 g/mol. The summed E-state index contributed by atoms with van der Waals surface area (Å²) in [6.07, 6.45) is -6.20. The lowest BCUT2D eigenvalue weighted by atomic mass is 9.90. The minimum atomic E-state index is -1.79. The van der Waals surface area contributed by atoms with Crippen LogP contribution in [0.25, 0.3) is 6.08 Å². The molecule has 240 valence electrons. The largest absolute Gasteiger partial charge is 0.504 e. The van der Waals surface area contributed by atoms with Gasteiger partial charge >= 0.3 is 11.9 Å². The molecule has 0 radical (unpaired) electrons. The number of phenolic OH excluding ortho intramolecular Hbond substituents is 1. The van der Waals surface area contributed by atoms with Crippen LogP contribution in [0.3, 0.4) is 0 Å². The molecule has 1 saturated heterocycles. The number of carboxylic acid groups (broad SMARTS) is 1. The first-order chi connectivity index (χ1) is 20.8. The topological polar surface area (TPSA) is 211 Å². The number of carbonyl (C=O) groups is 2. The quantitative estimate of drug-likeness (QED) is 0.152. The molecule has 2 aromatic rings. The summed E-state index contributed by atoms with van der Waals surface area (Å²) in [7, 11) is 2.87. The lowest BCUT2D eigenvalue weighted by Crippen LogP contribution is -2.61. The van der Waals surface area contributed by atoms with Crippen LogP contribution in [-0.4, -0.2) is 106 Å². The second-order valence-corrected chi connectivity index (χ2v) is 10.8. The van der Waals surface area contributed by atoms with Crippen LogP contribution in [0.5, 0.6) is 23.0 Å². The lowest BCUT2D eigenvalue weighted by molar-refractivity contribution is -0.320. The third-order valence-corrected chi connectivity index (χ3v) is 7.46. The molecule has 0 aliphatic carbocycles. The minimum absolute atomic E-state index is 0.0437. The van der Waals surface area contributed by atoms with Crippen molar-refractivity contribution in [2.45, 2.75) is 62.2 Å². The van der Waals surface area contributed by atoms with Crippen molar-refractivity contribution in [2.24, 2.45) is 0 Å². The van der Waals surface area contributed by atoms with E-state index < -0.39 is 66.9 Å². The molecule has 14 heteroatoms. The fraction of sp³-hybridized carbons (Fsp3) is 0.467. The van der Waals surface area contributed by atoms with Crippen molar-refractivity contribution in [2.75, 3.05) is 27.4 Å². The SMILES string of the molecule is COc1cc([C@@H]2Oc3c(OC)cc(C=CC(=O)OC[C@H]4O[C@H](OC(C)(C)C(=O)O)[C@H](O)[C@@H](O)[C@@H]4O)cc3[C@H]2CO)ccc1O. The molecule has 0 saturated carbocycles. The van der Waals surface area contributed by atoms with E-state index in [4.69, 9.17) is 28.4 Å². The van der Waals surface area contributed by atoms with Crippen molar-refractivity contribution in [1.29, 1.82) is 0 Å². The van der Waals surface area contributed by atoms with Crippen LogP contribution in [0.2, 0.25) is 0 Å². The minimum Gasteiger partial charge on any atom is -0.504 e. The van der Waals surface area contributed by atoms with E-state index in [2.05, 4.69) is 0 Å². The van der Waals surface area contributed by atoms with E-state index >= 15 is 0 Å². The predicted molar refractivity (Wildman–Crippen MR) is 150 cm³/mol. The van der Waals surface area contributed by atoms with Gasteiger partial charge in [0.15, 0.2) is 34.9 Å². The Hall–Kier alpha value is -3.92. The number of aliphatic carboxylic acids is 1. The third kappa shape index (κ3) is 6.75. The van der Waals surface area contributed by atoms with Gasteiger partial charge in [0.25, 0.3) is 0 Å². The molecular weight excluding hydrogens is 584 g/mol. The van der Waals surface area contributed by atoms with Gasteiger partial charge in [-0.1, -0.05) is 6.07 Å². The Balaban J connectivity index is 1.46. The molecule has 4 rings (SSSR count). The van der Waals surface area contributed by atoms with Gasteiger partial charge < -0.3 is 59.1 Å². The van der Waals surface area contributed by atoms with E-state index in [1.807, 2.05) is 0 Å². The van der Waals surface area contributed by atoms with Crippen LogP contribution < -0.4 is 14.2 Å². The number of aliphatic hydroxyl groups excluding tert-OH is 4. The van der Waals surface area contributed by atoms with Crippen molar-refractivity contribution in [3.63, 3.8) is 0 Å². The van der Waals surface area contributed by atoms with E-state index in [1.165, 1.54) is 40.2 Å². The van der Waals surface area contributed by atoms with Gasteiger partial charge in [0.1, 0.15) is 37.1 Å². The molecule has 0 unspecified atom stereocenters. The zero-order valence-corrected chi connectivity index (χ0v) is 24.4. The van der Waals surface area contributed by atoms with Gasteiger partial charge in [0.05, 0.1) is 26.7 Å². The molecule has 2 heterocycles. The summed E-state index contributed by atoms with van der Waals surface area (Å²) in [6, 6.07) is 8.09. The molecule has 7 atom stereocenters. The lowest BCUT2D eigenvalue weighted by Gasteiger charge is -2.41. The molecular formula is C30H36O14. The van der Waals surface area contributed by atoms with E-state index in [9.17, 15) is 40.2 Å². The monoisotopic (exact) mass is 620 g/mol. The fourth-order valence-corrected chi connectivity index (χ4v) is 4.90. The smallest absolute Gasteiger partial charge is 0.335 e. The van der Waals surface area contributed by atoms with Gasteiger partial charge in [-0.3, -0.25) is 0 Å². The maximum atomic E-state index is 12.5. The molecule has 6 N–H and O–H groups in total. The van der Waals surface area contributed by atoms with Crippen LogP contribution >= 0.6 is 0 Å². The van der Waals surface area contributed by atoms with Crippen molar-refractivity contribution >= 4 is 18.0 Å². The number of fused-ring (bicyclic) bond motifs is 1. The van der Waals surface area contributed by atoms with Gasteiger partial charge in [0.2, 0.25) is 0 Å². The highest BCUT2D eigenvalue weighted by molar-refractivity contribution is 5.87. The molecule has 0 bridgehead atoms. The Bertz CT molecular complexity index is 1390. The van der Waals surface area contributed by atoms with Crippen LogP contribution in [0.1, 0.15) is 42.6 Å². The number of benzene rings is 2. The van der Waals surface area contributed by atoms with E-state index in [0.717, 1.165) is 6.08 Å². The van der Waals surface area contributed by atoms with Gasteiger partial charge in [-0.05, 0) is 55.3 Å². The zero-order chi connectivity index (χ0) is 32.3. The number of ether oxygens (including phenoxy) is 6. The number of carbonyl (C=O) groups excluding carboxylic acids is 1. The van der Waals surface area contributed by atoms with Crippen LogP contribution in [0, 0.1) is 0 Å². The third-order valence-electron chi connectivity index (χ3n) is 7.46. The highest BCUT2D eigenvalue weighted by Crippen LogP contribution is 2.51. The maximum absolute atomic E-state index is 12.5. The summed E-state index contributed by atoms with van der Waals surface area (Å²) in [5, 5.41) is 60.2. The molecule has 0 spiro atoms. The van der Waals surface area contributed by atoms with Crippen molar-refractivity contribution < 1.29 is 68.6 Å². The Morgan fingerprint density at radius 1 is 1.00 bits per heavy atom. The number of phenols is 1. The number of methoxy groups -OCH3 is 2. The van der Waals surface area contributed by atoms with Crippen molar-refractivity contribution in [1.82, 2.24) is 0 Å². The molecule has 2 aliphatic heterocycles. The normalized spacial score (nSPS) is 26.6. The summed E-state index contributed by atoms with van der Waals surface area (Å²) >= 11 is 0. The number of aromatic hydroxyl groups is 1. The number of hydrogen-bond acceptors (Lipinski definition) is 13. The highest BCUT2D eigenvalue weighted by Gasteiger charge is 2.47. The van der Waals surface area contributed by atoms with E-state index in [-0.39, 0.29) is 18.1 Å². The zero-order valence-electron chi connectivity index (χ0n) is 24.4. The first-order valence-electron chi connectivity index (χ1n) is 13.6. The summed E-state index contributed by atoms with van der Waals surface area (Å²) in [5.41, 5.74) is 0.00593.